The second kappa shape index (κ2) is 5.60. The van der Waals surface area contributed by atoms with E-state index >= 15 is 0 Å². The lowest BCUT2D eigenvalue weighted by molar-refractivity contribution is 0.833. The van der Waals surface area contributed by atoms with Crippen LogP contribution < -0.4 is 5.32 Å². The number of unbranched alkanes of at least 4 members (excludes halogenated alkanes) is 1. The fraction of sp³-hybridized carbons (Fsp3) is 0.500. The monoisotopic (exact) mass is 267 g/mol. The molecule has 0 radical (unpaired) electrons. The van der Waals surface area contributed by atoms with Gasteiger partial charge in [0.05, 0.1) is 21.3 Å². The van der Waals surface area contributed by atoms with Gasteiger partial charge in [-0.05, 0) is 20.3 Å². The molecule has 5 heteroatoms. The van der Waals surface area contributed by atoms with Crippen LogP contribution in [0.1, 0.15) is 30.5 Å². The molecule has 0 spiro atoms. The van der Waals surface area contributed by atoms with Crippen LogP contribution >= 0.6 is 22.7 Å². The summed E-state index contributed by atoms with van der Waals surface area (Å²) >= 11 is 3.38. The summed E-state index contributed by atoms with van der Waals surface area (Å²) in [6.45, 7) is 7.28. The summed E-state index contributed by atoms with van der Waals surface area (Å²) in [5.74, 6) is 0. The van der Waals surface area contributed by atoms with Crippen molar-refractivity contribution in [1.82, 2.24) is 9.97 Å². The van der Waals surface area contributed by atoms with E-state index < -0.39 is 0 Å². The quantitative estimate of drug-likeness (QED) is 0.829. The molecule has 2 aromatic rings. The highest BCUT2D eigenvalue weighted by atomic mass is 32.1. The second-order valence-corrected chi connectivity index (χ2v) is 6.03. The molecule has 2 heterocycles. The Morgan fingerprint density at radius 3 is 2.76 bits per heavy atom. The summed E-state index contributed by atoms with van der Waals surface area (Å²) in [5.41, 5.74) is 2.13. The van der Waals surface area contributed by atoms with Crippen LogP contribution in [0, 0.1) is 13.8 Å². The normalized spacial score (nSPS) is 10.8. The first-order valence-electron chi connectivity index (χ1n) is 5.84. The fourth-order valence-corrected chi connectivity index (χ4v) is 3.29. The Hall–Kier alpha value is -0.940. The molecule has 2 aromatic heterocycles. The van der Waals surface area contributed by atoms with Gasteiger partial charge in [-0.1, -0.05) is 13.3 Å². The van der Waals surface area contributed by atoms with Crippen LogP contribution in [0.3, 0.4) is 0 Å². The molecule has 3 nitrogen and oxygen atoms in total. The number of hydrogen-bond donors (Lipinski definition) is 1. The smallest absolute Gasteiger partial charge is 0.183 e. The van der Waals surface area contributed by atoms with Crippen molar-refractivity contribution in [2.45, 2.75) is 33.6 Å². The van der Waals surface area contributed by atoms with Gasteiger partial charge in [0.1, 0.15) is 0 Å². The zero-order valence-electron chi connectivity index (χ0n) is 10.4. The minimum atomic E-state index is 1.00. The van der Waals surface area contributed by atoms with Gasteiger partial charge in [-0.3, -0.25) is 0 Å². The van der Waals surface area contributed by atoms with E-state index in [4.69, 9.17) is 0 Å². The number of anilines is 1. The number of aryl methyl sites for hydroxylation is 2. The first-order valence-corrected chi connectivity index (χ1v) is 7.54. The van der Waals surface area contributed by atoms with Crippen LogP contribution in [0.2, 0.25) is 0 Å². The maximum absolute atomic E-state index is 4.60. The molecule has 0 fully saturated rings. The van der Waals surface area contributed by atoms with Crippen LogP contribution in [0.25, 0.3) is 10.6 Å². The highest BCUT2D eigenvalue weighted by molar-refractivity contribution is 7.16. The largest absolute Gasteiger partial charge is 0.362 e. The lowest BCUT2D eigenvalue weighted by atomic mass is 10.3. The molecule has 92 valence electrons. The van der Waals surface area contributed by atoms with Crippen LogP contribution in [-0.2, 0) is 0 Å². The number of aromatic nitrogens is 2. The van der Waals surface area contributed by atoms with Crippen LogP contribution in [-0.4, -0.2) is 16.5 Å². The molecular formula is C12H17N3S2. The van der Waals surface area contributed by atoms with Crippen molar-refractivity contribution >= 4 is 27.8 Å². The number of nitrogens with zero attached hydrogens (tertiary/aromatic N) is 2. The summed E-state index contributed by atoms with van der Waals surface area (Å²) in [6, 6.07) is 0. The molecule has 0 aliphatic rings. The molecule has 0 bridgehead atoms. The molecule has 0 aliphatic heterocycles. The van der Waals surface area contributed by atoms with Gasteiger partial charge < -0.3 is 5.32 Å². The summed E-state index contributed by atoms with van der Waals surface area (Å²) in [4.78, 5) is 10.2. The van der Waals surface area contributed by atoms with Gasteiger partial charge in [-0.25, -0.2) is 9.97 Å². The Morgan fingerprint density at radius 2 is 2.12 bits per heavy atom. The van der Waals surface area contributed by atoms with Crippen LogP contribution in [0.5, 0.6) is 0 Å². The summed E-state index contributed by atoms with van der Waals surface area (Å²) in [6.07, 6.45) is 2.39. The number of thiazole rings is 2. The molecule has 0 aliphatic carbocycles. The van der Waals surface area contributed by atoms with Crippen molar-refractivity contribution in [1.29, 1.82) is 0 Å². The maximum Gasteiger partial charge on any atom is 0.183 e. The van der Waals surface area contributed by atoms with Gasteiger partial charge >= 0.3 is 0 Å². The number of rotatable bonds is 5. The van der Waals surface area contributed by atoms with E-state index in [9.17, 15) is 0 Å². The molecule has 0 aromatic carbocycles. The van der Waals surface area contributed by atoms with Gasteiger partial charge in [-0.15, -0.1) is 22.7 Å². The Labute approximate surface area is 110 Å². The van der Waals surface area contributed by atoms with Crippen molar-refractivity contribution in [2.24, 2.45) is 0 Å². The zero-order valence-corrected chi connectivity index (χ0v) is 12.0. The van der Waals surface area contributed by atoms with Crippen molar-refractivity contribution in [2.75, 3.05) is 11.9 Å². The van der Waals surface area contributed by atoms with E-state index in [1.807, 2.05) is 13.8 Å². The third kappa shape index (κ3) is 3.04. The van der Waals surface area contributed by atoms with Gasteiger partial charge in [0, 0.05) is 11.9 Å². The lowest BCUT2D eigenvalue weighted by Gasteiger charge is -1.99. The van der Waals surface area contributed by atoms with Crippen molar-refractivity contribution < 1.29 is 0 Å². The summed E-state index contributed by atoms with van der Waals surface area (Å²) in [7, 11) is 0. The molecule has 2 rings (SSSR count). The SMILES string of the molecule is CCCCNc1nc(-c2sc(C)nc2C)cs1. The summed E-state index contributed by atoms with van der Waals surface area (Å²) < 4.78 is 0. The van der Waals surface area contributed by atoms with E-state index in [0.29, 0.717) is 0 Å². The van der Waals surface area contributed by atoms with E-state index in [1.165, 1.54) is 17.7 Å². The van der Waals surface area contributed by atoms with Gasteiger partial charge in [0.15, 0.2) is 5.13 Å². The molecular weight excluding hydrogens is 250 g/mol. The molecule has 17 heavy (non-hydrogen) atoms. The maximum atomic E-state index is 4.60. The Morgan fingerprint density at radius 1 is 1.29 bits per heavy atom. The van der Waals surface area contributed by atoms with Crippen molar-refractivity contribution in [3.63, 3.8) is 0 Å². The molecule has 1 N–H and O–H groups in total. The third-order valence-corrected chi connectivity index (χ3v) is 4.34. The minimum Gasteiger partial charge on any atom is -0.362 e. The van der Waals surface area contributed by atoms with E-state index in [0.717, 1.165) is 28.1 Å². The lowest BCUT2D eigenvalue weighted by Crippen LogP contribution is -1.99. The van der Waals surface area contributed by atoms with E-state index in [2.05, 4.69) is 27.6 Å². The third-order valence-electron chi connectivity index (χ3n) is 2.45. The Kier molecular flexibility index (Phi) is 4.12. The number of nitrogens with one attached hydrogen (secondary N) is 1. The first kappa shape index (κ1) is 12.5. The molecule has 0 saturated carbocycles. The summed E-state index contributed by atoms with van der Waals surface area (Å²) in [5, 5.41) is 7.57. The van der Waals surface area contributed by atoms with Crippen molar-refractivity contribution in [3.8, 4) is 10.6 Å². The predicted octanol–water partition coefficient (Wildman–Crippen LogP) is 4.10. The minimum absolute atomic E-state index is 1.00. The van der Waals surface area contributed by atoms with E-state index in [1.54, 1.807) is 22.7 Å². The van der Waals surface area contributed by atoms with Crippen LogP contribution in [0.15, 0.2) is 5.38 Å². The molecule has 0 saturated heterocycles. The Balaban J connectivity index is 2.10. The van der Waals surface area contributed by atoms with Crippen LogP contribution in [0.4, 0.5) is 5.13 Å². The van der Waals surface area contributed by atoms with Crippen molar-refractivity contribution in [3.05, 3.63) is 16.1 Å². The number of hydrogen-bond acceptors (Lipinski definition) is 5. The van der Waals surface area contributed by atoms with Gasteiger partial charge in [-0.2, -0.15) is 0 Å². The predicted molar refractivity (Wildman–Crippen MR) is 76.1 cm³/mol. The van der Waals surface area contributed by atoms with E-state index in [-0.39, 0.29) is 0 Å². The second-order valence-electron chi connectivity index (χ2n) is 3.97. The topological polar surface area (TPSA) is 37.8 Å². The average Bonchev–Trinajstić information content (AvgIpc) is 2.86. The van der Waals surface area contributed by atoms with Gasteiger partial charge in [0.2, 0.25) is 0 Å². The molecule has 0 amide bonds. The fourth-order valence-electron chi connectivity index (χ4n) is 1.60. The first-order chi connectivity index (χ1) is 8.20. The molecule has 0 atom stereocenters. The molecule has 0 unspecified atom stereocenters. The standard InChI is InChI=1S/C12H17N3S2/c1-4-5-6-13-12-15-10(7-16-12)11-8(2)14-9(3)17-11/h7H,4-6H2,1-3H3,(H,13,15). The highest BCUT2D eigenvalue weighted by Gasteiger charge is 2.10. The highest BCUT2D eigenvalue weighted by Crippen LogP contribution is 2.31. The zero-order chi connectivity index (χ0) is 12.3. The van der Waals surface area contributed by atoms with Gasteiger partial charge in [0.25, 0.3) is 0 Å². The Bertz CT molecular complexity index is 488. The average molecular weight is 267 g/mol.